The predicted octanol–water partition coefficient (Wildman–Crippen LogP) is 2.24. The van der Waals surface area contributed by atoms with Crippen LogP contribution in [0.4, 0.5) is 5.69 Å². The van der Waals surface area contributed by atoms with Crippen molar-refractivity contribution in [3.05, 3.63) is 30.3 Å². The van der Waals surface area contributed by atoms with E-state index >= 15 is 0 Å². The van der Waals surface area contributed by atoms with Gasteiger partial charge in [-0.25, -0.2) is 4.79 Å². The summed E-state index contributed by atoms with van der Waals surface area (Å²) < 4.78 is 4.76. The monoisotopic (exact) mass is 249 g/mol. The van der Waals surface area contributed by atoms with Crippen LogP contribution in [-0.4, -0.2) is 25.0 Å². The average molecular weight is 249 g/mol. The minimum Gasteiger partial charge on any atom is -0.459 e. The van der Waals surface area contributed by atoms with Crippen LogP contribution in [0.5, 0.6) is 0 Å². The molecule has 0 N–H and O–H groups in total. The van der Waals surface area contributed by atoms with E-state index in [-0.39, 0.29) is 12.5 Å². The molecule has 18 heavy (non-hydrogen) atoms. The Morgan fingerprint density at radius 1 is 1.22 bits per heavy atom. The van der Waals surface area contributed by atoms with Crippen LogP contribution in [0.25, 0.3) is 0 Å². The lowest BCUT2D eigenvalue weighted by Gasteiger charge is -2.23. The third kappa shape index (κ3) is 3.87. The zero-order valence-corrected chi connectivity index (χ0v) is 11.1. The number of anilines is 1. The Morgan fingerprint density at radius 3 is 2.33 bits per heavy atom. The smallest absolute Gasteiger partial charge is 0.397 e. The first-order valence-corrected chi connectivity index (χ1v) is 6.10. The molecule has 0 unspecified atom stereocenters. The molecule has 0 aliphatic carbocycles. The maximum Gasteiger partial charge on any atom is 0.397 e. The average Bonchev–Trinajstić information content (AvgIpc) is 2.36. The Balaban J connectivity index is 2.92. The van der Waals surface area contributed by atoms with E-state index in [1.807, 2.05) is 32.0 Å². The number of amides is 1. The van der Waals surface area contributed by atoms with Crippen LogP contribution < -0.4 is 4.90 Å². The van der Waals surface area contributed by atoms with E-state index in [0.717, 1.165) is 0 Å². The van der Waals surface area contributed by atoms with E-state index in [0.29, 0.717) is 12.2 Å². The minimum atomic E-state index is -0.804. The molecule has 0 aromatic heterocycles. The van der Waals surface area contributed by atoms with Crippen molar-refractivity contribution >= 4 is 17.6 Å². The Kier molecular flexibility index (Phi) is 5.36. The molecule has 4 heteroatoms. The SMILES string of the molecule is CCOC(=O)C(=O)N(CC(C)C)c1ccccc1. The topological polar surface area (TPSA) is 46.6 Å². The summed E-state index contributed by atoms with van der Waals surface area (Å²) in [6, 6.07) is 9.15. The molecule has 0 atom stereocenters. The molecule has 0 fully saturated rings. The van der Waals surface area contributed by atoms with Gasteiger partial charge in [0.1, 0.15) is 0 Å². The number of esters is 1. The summed E-state index contributed by atoms with van der Waals surface area (Å²) in [5.74, 6) is -1.15. The molecule has 0 bridgehead atoms. The molecule has 4 nitrogen and oxygen atoms in total. The van der Waals surface area contributed by atoms with E-state index in [4.69, 9.17) is 4.74 Å². The first-order valence-electron chi connectivity index (χ1n) is 6.10. The van der Waals surface area contributed by atoms with Crippen LogP contribution in [0.15, 0.2) is 30.3 Å². The molecule has 0 heterocycles. The van der Waals surface area contributed by atoms with Crippen LogP contribution in [-0.2, 0) is 14.3 Å². The molecular formula is C14H19NO3. The summed E-state index contributed by atoms with van der Waals surface area (Å²) in [6.45, 7) is 6.36. The number of rotatable bonds is 4. The van der Waals surface area contributed by atoms with Crippen molar-refractivity contribution in [1.29, 1.82) is 0 Å². The highest BCUT2D eigenvalue weighted by atomic mass is 16.5. The van der Waals surface area contributed by atoms with Crippen LogP contribution in [0.1, 0.15) is 20.8 Å². The number of ether oxygens (including phenoxy) is 1. The fourth-order valence-corrected chi connectivity index (χ4v) is 1.58. The second-order valence-electron chi connectivity index (χ2n) is 4.37. The van der Waals surface area contributed by atoms with Gasteiger partial charge in [-0.1, -0.05) is 32.0 Å². The first kappa shape index (κ1) is 14.2. The molecule has 98 valence electrons. The number of benzene rings is 1. The Labute approximate surface area is 108 Å². The van der Waals surface area contributed by atoms with Gasteiger partial charge in [0, 0.05) is 12.2 Å². The zero-order valence-electron chi connectivity index (χ0n) is 11.1. The van der Waals surface area contributed by atoms with Gasteiger partial charge in [-0.15, -0.1) is 0 Å². The van der Waals surface area contributed by atoms with Gasteiger partial charge in [0.15, 0.2) is 0 Å². The van der Waals surface area contributed by atoms with Gasteiger partial charge < -0.3 is 9.64 Å². The molecule has 0 aliphatic rings. The molecule has 1 aromatic carbocycles. The normalized spacial score (nSPS) is 10.2. The zero-order chi connectivity index (χ0) is 13.5. The van der Waals surface area contributed by atoms with E-state index in [9.17, 15) is 9.59 Å². The fourth-order valence-electron chi connectivity index (χ4n) is 1.58. The molecule has 0 spiro atoms. The quantitative estimate of drug-likeness (QED) is 0.607. The highest BCUT2D eigenvalue weighted by Crippen LogP contribution is 2.15. The van der Waals surface area contributed by atoms with Crippen LogP contribution in [0.3, 0.4) is 0 Å². The third-order valence-electron chi connectivity index (χ3n) is 2.31. The van der Waals surface area contributed by atoms with Crippen molar-refractivity contribution in [2.24, 2.45) is 5.92 Å². The van der Waals surface area contributed by atoms with Gasteiger partial charge in [-0.05, 0) is 25.0 Å². The number of para-hydroxylation sites is 1. The van der Waals surface area contributed by atoms with Gasteiger partial charge in [-0.3, -0.25) is 4.79 Å². The van der Waals surface area contributed by atoms with Crippen molar-refractivity contribution in [2.75, 3.05) is 18.1 Å². The van der Waals surface area contributed by atoms with Crippen molar-refractivity contribution in [2.45, 2.75) is 20.8 Å². The molecule has 0 radical (unpaired) electrons. The van der Waals surface area contributed by atoms with Crippen LogP contribution in [0.2, 0.25) is 0 Å². The second kappa shape index (κ2) is 6.79. The standard InChI is InChI=1S/C14H19NO3/c1-4-18-14(17)13(16)15(10-11(2)3)12-8-6-5-7-9-12/h5-9,11H,4,10H2,1-3H3. The maximum atomic E-state index is 12.0. The minimum absolute atomic E-state index is 0.203. The first-order chi connectivity index (χ1) is 8.56. The number of hydrogen-bond acceptors (Lipinski definition) is 3. The summed E-state index contributed by atoms with van der Waals surface area (Å²) in [4.78, 5) is 25.0. The Morgan fingerprint density at radius 2 is 1.83 bits per heavy atom. The maximum absolute atomic E-state index is 12.0. The van der Waals surface area contributed by atoms with Gasteiger partial charge in [0.05, 0.1) is 6.61 Å². The third-order valence-corrected chi connectivity index (χ3v) is 2.31. The van der Waals surface area contributed by atoms with E-state index in [2.05, 4.69) is 0 Å². The molecule has 0 saturated heterocycles. The van der Waals surface area contributed by atoms with Crippen LogP contribution in [0, 0.1) is 5.92 Å². The van der Waals surface area contributed by atoms with E-state index in [1.54, 1.807) is 19.1 Å². The molecule has 0 saturated carbocycles. The summed E-state index contributed by atoms with van der Waals surface area (Å²) >= 11 is 0. The molecular weight excluding hydrogens is 230 g/mol. The summed E-state index contributed by atoms with van der Waals surface area (Å²) in [5, 5.41) is 0. The van der Waals surface area contributed by atoms with E-state index in [1.165, 1.54) is 4.90 Å². The lowest BCUT2D eigenvalue weighted by Crippen LogP contribution is -2.40. The fraction of sp³-hybridized carbons (Fsp3) is 0.429. The van der Waals surface area contributed by atoms with Gasteiger partial charge >= 0.3 is 11.9 Å². The highest BCUT2D eigenvalue weighted by Gasteiger charge is 2.24. The number of carbonyl (C=O) groups excluding carboxylic acids is 2. The van der Waals surface area contributed by atoms with Gasteiger partial charge in [0.25, 0.3) is 0 Å². The predicted molar refractivity (Wildman–Crippen MR) is 70.3 cm³/mol. The number of carbonyl (C=O) groups is 2. The largest absolute Gasteiger partial charge is 0.459 e. The lowest BCUT2D eigenvalue weighted by molar-refractivity contribution is -0.153. The molecule has 0 aliphatic heterocycles. The Bertz CT molecular complexity index is 401. The molecule has 1 amide bonds. The van der Waals surface area contributed by atoms with Crippen molar-refractivity contribution < 1.29 is 14.3 Å². The van der Waals surface area contributed by atoms with Gasteiger partial charge in [0.2, 0.25) is 0 Å². The summed E-state index contributed by atoms with van der Waals surface area (Å²) in [7, 11) is 0. The molecule has 1 rings (SSSR count). The Hall–Kier alpha value is -1.84. The van der Waals surface area contributed by atoms with Crippen LogP contribution >= 0.6 is 0 Å². The summed E-state index contributed by atoms with van der Waals surface area (Å²) in [5.41, 5.74) is 0.712. The van der Waals surface area contributed by atoms with Crippen molar-refractivity contribution in [1.82, 2.24) is 0 Å². The van der Waals surface area contributed by atoms with Crippen molar-refractivity contribution in [3.63, 3.8) is 0 Å². The number of nitrogens with zero attached hydrogens (tertiary/aromatic N) is 1. The highest BCUT2D eigenvalue weighted by molar-refractivity contribution is 6.38. The second-order valence-corrected chi connectivity index (χ2v) is 4.37. The summed E-state index contributed by atoms with van der Waals surface area (Å²) in [6.07, 6.45) is 0. The van der Waals surface area contributed by atoms with E-state index < -0.39 is 11.9 Å². The molecule has 1 aromatic rings. The lowest BCUT2D eigenvalue weighted by atomic mass is 10.2. The van der Waals surface area contributed by atoms with Gasteiger partial charge in [-0.2, -0.15) is 0 Å². The number of hydrogen-bond donors (Lipinski definition) is 0. The van der Waals surface area contributed by atoms with Crippen molar-refractivity contribution in [3.8, 4) is 0 Å².